The Hall–Kier alpha value is -4.99. The van der Waals surface area contributed by atoms with Gasteiger partial charge in [0.25, 0.3) is 5.91 Å². The van der Waals surface area contributed by atoms with Gasteiger partial charge in [-0.15, -0.1) is 0 Å². The SMILES string of the molecule is COC(=O)N[C@H]1[C@@H](OC(C)=O)[C@H](OC(C)=O)[C@@H](COC(C)=O)O[C@H]1n1ccc(NC(=O)c2ccc(N)cc2)nc1=O. The van der Waals surface area contributed by atoms with Crippen molar-refractivity contribution in [3.8, 4) is 0 Å². The van der Waals surface area contributed by atoms with Crippen molar-refractivity contribution in [3.05, 3.63) is 52.6 Å². The molecule has 0 saturated carbocycles. The number of carbonyl (C=O) groups is 5. The van der Waals surface area contributed by atoms with Gasteiger partial charge in [0.2, 0.25) is 0 Å². The molecule has 1 aromatic heterocycles. The lowest BCUT2D eigenvalue weighted by Crippen LogP contribution is -2.65. The lowest BCUT2D eigenvalue weighted by atomic mass is 9.95. The Balaban J connectivity index is 2.02. The molecular weight excluding hydrogens is 546 g/mol. The van der Waals surface area contributed by atoms with Crippen LogP contribution in [0.1, 0.15) is 37.4 Å². The molecule has 16 nitrogen and oxygen atoms in total. The van der Waals surface area contributed by atoms with Crippen LogP contribution in [0.5, 0.6) is 0 Å². The third-order valence-electron chi connectivity index (χ3n) is 5.71. The van der Waals surface area contributed by atoms with Crippen LogP contribution >= 0.6 is 0 Å². The fourth-order valence-corrected chi connectivity index (χ4v) is 4.01. The van der Waals surface area contributed by atoms with Gasteiger partial charge in [-0.05, 0) is 30.3 Å². The fraction of sp³-hybridized carbons (Fsp3) is 0.400. The van der Waals surface area contributed by atoms with Crippen molar-refractivity contribution in [3.63, 3.8) is 0 Å². The molecule has 16 heteroatoms. The Morgan fingerprint density at radius 2 is 1.61 bits per heavy atom. The number of amides is 2. The highest BCUT2D eigenvalue weighted by Crippen LogP contribution is 2.32. The zero-order chi connectivity index (χ0) is 30.3. The van der Waals surface area contributed by atoms with Crippen molar-refractivity contribution in [1.82, 2.24) is 14.9 Å². The number of hydrogen-bond acceptors (Lipinski definition) is 13. The summed E-state index contributed by atoms with van der Waals surface area (Å²) in [6.45, 7) is 2.84. The van der Waals surface area contributed by atoms with Crippen LogP contribution in [0.4, 0.5) is 16.3 Å². The number of hydrogen-bond donors (Lipinski definition) is 3. The lowest BCUT2D eigenvalue weighted by molar-refractivity contribution is -0.237. The van der Waals surface area contributed by atoms with Crippen LogP contribution in [0.2, 0.25) is 0 Å². The molecule has 220 valence electrons. The van der Waals surface area contributed by atoms with Crippen LogP contribution in [0.15, 0.2) is 41.3 Å². The molecule has 0 radical (unpaired) electrons. The molecule has 2 heterocycles. The van der Waals surface area contributed by atoms with Crippen molar-refractivity contribution in [2.24, 2.45) is 0 Å². The Bertz CT molecular complexity index is 1360. The van der Waals surface area contributed by atoms with Crippen LogP contribution in [-0.2, 0) is 38.1 Å². The second-order valence-corrected chi connectivity index (χ2v) is 8.76. The minimum Gasteiger partial charge on any atom is -0.463 e. The Morgan fingerprint density at radius 3 is 2.17 bits per heavy atom. The number of alkyl carbamates (subject to hydrolysis) is 1. The number of nitrogens with zero attached hydrogens (tertiary/aromatic N) is 2. The van der Waals surface area contributed by atoms with Crippen molar-refractivity contribution in [1.29, 1.82) is 0 Å². The third-order valence-corrected chi connectivity index (χ3v) is 5.71. The van der Waals surface area contributed by atoms with E-state index in [0.29, 0.717) is 5.69 Å². The molecule has 1 aliphatic rings. The summed E-state index contributed by atoms with van der Waals surface area (Å²) >= 11 is 0. The van der Waals surface area contributed by atoms with E-state index in [9.17, 15) is 28.8 Å². The Morgan fingerprint density at radius 1 is 0.976 bits per heavy atom. The van der Waals surface area contributed by atoms with E-state index in [1.165, 1.54) is 36.5 Å². The van der Waals surface area contributed by atoms with E-state index in [-0.39, 0.29) is 11.4 Å². The highest BCUT2D eigenvalue weighted by Gasteiger charge is 2.52. The Labute approximate surface area is 233 Å². The zero-order valence-corrected chi connectivity index (χ0v) is 22.5. The number of nitrogens with two attached hydrogens (primary N) is 1. The minimum atomic E-state index is -1.45. The molecular formula is C25H29N5O11. The summed E-state index contributed by atoms with van der Waals surface area (Å²) in [7, 11) is 1.08. The molecule has 0 aliphatic carbocycles. The first-order chi connectivity index (χ1) is 19.4. The van der Waals surface area contributed by atoms with E-state index in [1.807, 2.05) is 0 Å². The van der Waals surface area contributed by atoms with Crippen molar-refractivity contribution in [2.45, 2.75) is 51.4 Å². The van der Waals surface area contributed by atoms with Crippen LogP contribution in [0, 0.1) is 0 Å². The molecule has 2 aromatic rings. The van der Waals surface area contributed by atoms with Gasteiger partial charge in [0.15, 0.2) is 18.4 Å². The molecule has 1 saturated heterocycles. The van der Waals surface area contributed by atoms with Gasteiger partial charge in [-0.25, -0.2) is 9.59 Å². The number of ether oxygens (including phenoxy) is 5. The number of anilines is 2. The molecule has 1 aromatic carbocycles. The van der Waals surface area contributed by atoms with Gasteiger partial charge < -0.3 is 40.1 Å². The third kappa shape index (κ3) is 8.01. The summed E-state index contributed by atoms with van der Waals surface area (Å²) in [5.41, 5.74) is 5.41. The minimum absolute atomic E-state index is 0.104. The van der Waals surface area contributed by atoms with Gasteiger partial charge in [-0.2, -0.15) is 4.98 Å². The molecule has 2 amide bonds. The predicted octanol–water partition coefficient (Wildman–Crippen LogP) is 0.126. The van der Waals surface area contributed by atoms with E-state index in [1.54, 1.807) is 0 Å². The van der Waals surface area contributed by atoms with Gasteiger partial charge in [0.1, 0.15) is 24.6 Å². The summed E-state index contributed by atoms with van der Waals surface area (Å²) in [4.78, 5) is 77.3. The summed E-state index contributed by atoms with van der Waals surface area (Å²) < 4.78 is 27.4. The zero-order valence-electron chi connectivity index (χ0n) is 22.5. The van der Waals surface area contributed by atoms with Crippen LogP contribution in [-0.4, -0.2) is 77.5 Å². The lowest BCUT2D eigenvalue weighted by Gasteiger charge is -2.45. The first-order valence-electron chi connectivity index (χ1n) is 12.1. The standard InChI is InChI=1S/C25H29N5O11/c1-12(31)38-11-17-20(39-13(2)32)21(40-14(3)33)19(29-25(36)37-4)23(41-17)30-10-9-18(28-24(30)35)27-22(34)15-5-7-16(26)8-6-15/h5-10,17,19-21,23H,11,26H2,1-4H3,(H,29,36)(H,27,28,34,35)/t17-,19+,20-,21-,23-/m1/s1. The maximum Gasteiger partial charge on any atom is 0.407 e. The quantitative estimate of drug-likeness (QED) is 0.217. The molecule has 0 spiro atoms. The molecule has 3 rings (SSSR count). The molecule has 1 aliphatic heterocycles. The monoisotopic (exact) mass is 575 g/mol. The van der Waals surface area contributed by atoms with Crippen LogP contribution in [0.3, 0.4) is 0 Å². The number of aromatic nitrogens is 2. The first-order valence-corrected chi connectivity index (χ1v) is 12.1. The van der Waals surface area contributed by atoms with Crippen LogP contribution < -0.4 is 22.1 Å². The number of nitrogens with one attached hydrogen (secondary N) is 2. The Kier molecular flexibility index (Phi) is 9.97. The molecule has 5 atom stereocenters. The van der Waals surface area contributed by atoms with Gasteiger partial charge in [-0.3, -0.25) is 23.7 Å². The van der Waals surface area contributed by atoms with Gasteiger partial charge in [-0.1, -0.05) is 0 Å². The van der Waals surface area contributed by atoms with E-state index in [4.69, 9.17) is 24.7 Å². The highest BCUT2D eigenvalue weighted by molar-refractivity contribution is 6.03. The molecule has 0 unspecified atom stereocenters. The van der Waals surface area contributed by atoms with E-state index < -0.39 is 72.8 Å². The van der Waals surface area contributed by atoms with Crippen molar-refractivity contribution < 1.29 is 47.7 Å². The van der Waals surface area contributed by atoms with Gasteiger partial charge in [0.05, 0.1) is 7.11 Å². The summed E-state index contributed by atoms with van der Waals surface area (Å²) in [5.74, 6) is -2.96. The van der Waals surface area contributed by atoms with E-state index in [0.717, 1.165) is 32.4 Å². The second-order valence-electron chi connectivity index (χ2n) is 8.76. The average molecular weight is 576 g/mol. The molecule has 1 fully saturated rings. The van der Waals surface area contributed by atoms with Crippen LogP contribution in [0.25, 0.3) is 0 Å². The number of carbonyl (C=O) groups excluding carboxylic acids is 5. The summed E-state index contributed by atoms with van der Waals surface area (Å²) in [6, 6.07) is 5.95. The van der Waals surface area contributed by atoms with E-state index in [2.05, 4.69) is 20.4 Å². The number of methoxy groups -OCH3 is 1. The number of esters is 3. The number of nitrogen functional groups attached to an aromatic ring is 1. The number of benzene rings is 1. The number of rotatable bonds is 8. The maximum atomic E-state index is 13.1. The normalized spacial score (nSPS) is 21.6. The van der Waals surface area contributed by atoms with Gasteiger partial charge in [0, 0.05) is 38.2 Å². The summed E-state index contributed by atoms with van der Waals surface area (Å²) in [5, 5.41) is 4.92. The average Bonchev–Trinajstić information content (AvgIpc) is 2.90. The van der Waals surface area contributed by atoms with Crippen molar-refractivity contribution >= 4 is 41.4 Å². The molecule has 4 N–H and O–H groups in total. The topological polar surface area (TPSA) is 216 Å². The van der Waals surface area contributed by atoms with Gasteiger partial charge >= 0.3 is 29.7 Å². The highest BCUT2D eigenvalue weighted by atomic mass is 16.6. The molecule has 0 bridgehead atoms. The second kappa shape index (κ2) is 13.4. The smallest absolute Gasteiger partial charge is 0.407 e. The predicted molar refractivity (Wildman–Crippen MR) is 138 cm³/mol. The maximum absolute atomic E-state index is 13.1. The summed E-state index contributed by atoms with van der Waals surface area (Å²) in [6.07, 6.45) is -5.31. The fourth-order valence-electron chi connectivity index (χ4n) is 4.01. The first kappa shape index (κ1) is 30.6. The van der Waals surface area contributed by atoms with E-state index >= 15 is 0 Å². The largest absolute Gasteiger partial charge is 0.463 e. The van der Waals surface area contributed by atoms with Crippen molar-refractivity contribution in [2.75, 3.05) is 24.8 Å². The molecule has 41 heavy (non-hydrogen) atoms.